The van der Waals surface area contributed by atoms with Crippen molar-refractivity contribution in [2.45, 2.75) is 26.2 Å². The number of hydrogen-bond acceptors (Lipinski definition) is 2. The summed E-state index contributed by atoms with van der Waals surface area (Å²) in [6, 6.07) is 28.1. The first kappa shape index (κ1) is 17.3. The van der Waals surface area contributed by atoms with Crippen LogP contribution in [-0.4, -0.2) is 9.97 Å². The number of fused-ring (bicyclic) bond motifs is 6. The van der Waals surface area contributed by atoms with E-state index >= 15 is 0 Å². The largest absolute Gasteiger partial charge is 0.249 e. The molecule has 2 heteroatoms. The van der Waals surface area contributed by atoms with Gasteiger partial charge in [-0.25, -0.2) is 9.97 Å². The molecule has 5 aromatic rings. The van der Waals surface area contributed by atoms with Crippen LogP contribution in [-0.2, 0) is 5.41 Å². The fourth-order valence-electron chi connectivity index (χ4n) is 5.02. The van der Waals surface area contributed by atoms with Gasteiger partial charge in [-0.05, 0) is 46.7 Å². The number of rotatable bonds is 1. The van der Waals surface area contributed by atoms with E-state index in [0.717, 1.165) is 33.4 Å². The van der Waals surface area contributed by atoms with Crippen LogP contribution in [0.3, 0.4) is 0 Å². The Balaban J connectivity index is 1.61. The van der Waals surface area contributed by atoms with Gasteiger partial charge in [0.1, 0.15) is 0 Å². The molecule has 0 fully saturated rings. The summed E-state index contributed by atoms with van der Waals surface area (Å²) in [5.41, 5.74) is 10.4. The Morgan fingerprint density at radius 3 is 2.37 bits per heavy atom. The fraction of sp³-hybridized carbons (Fsp3) is 0.143. The predicted molar refractivity (Wildman–Crippen MR) is 125 cm³/mol. The normalized spacial score (nSPS) is 14.1. The molecule has 1 aliphatic rings. The van der Waals surface area contributed by atoms with Crippen LogP contribution in [0.2, 0.25) is 0 Å². The summed E-state index contributed by atoms with van der Waals surface area (Å²) in [4.78, 5) is 10.0. The van der Waals surface area contributed by atoms with Crippen LogP contribution >= 0.6 is 0 Å². The maximum atomic E-state index is 5.13. The quantitative estimate of drug-likeness (QED) is 0.288. The topological polar surface area (TPSA) is 25.8 Å². The molecule has 0 atom stereocenters. The van der Waals surface area contributed by atoms with Gasteiger partial charge in [-0.1, -0.05) is 80.6 Å². The van der Waals surface area contributed by atoms with Crippen molar-refractivity contribution in [3.05, 3.63) is 95.7 Å². The van der Waals surface area contributed by atoms with Crippen LogP contribution in [0.15, 0.2) is 78.9 Å². The third kappa shape index (κ3) is 2.31. The van der Waals surface area contributed by atoms with Gasteiger partial charge in [-0.3, -0.25) is 0 Å². The average Bonchev–Trinajstić information content (AvgIpc) is 3.00. The highest BCUT2D eigenvalue weighted by atomic mass is 14.8. The number of nitrogens with zero attached hydrogens (tertiary/aromatic N) is 2. The number of hydrogen-bond donors (Lipinski definition) is 0. The average molecular weight is 386 g/mol. The molecule has 0 saturated carbocycles. The van der Waals surface area contributed by atoms with Crippen LogP contribution < -0.4 is 0 Å². The molecular weight excluding hydrogens is 364 g/mol. The first-order chi connectivity index (χ1) is 14.5. The van der Waals surface area contributed by atoms with Crippen molar-refractivity contribution >= 4 is 21.8 Å². The van der Waals surface area contributed by atoms with Gasteiger partial charge in [0.05, 0.1) is 22.4 Å². The molecule has 1 aromatic heterocycles. The van der Waals surface area contributed by atoms with E-state index in [1.54, 1.807) is 0 Å². The number of aryl methyl sites for hydroxylation is 1. The highest BCUT2D eigenvalue weighted by Gasteiger charge is 2.35. The second-order valence-electron chi connectivity index (χ2n) is 8.74. The zero-order chi connectivity index (χ0) is 20.5. The van der Waals surface area contributed by atoms with Crippen molar-refractivity contribution in [2.75, 3.05) is 0 Å². The molecule has 4 aromatic carbocycles. The summed E-state index contributed by atoms with van der Waals surface area (Å²) in [6.45, 7) is 6.68. The Morgan fingerprint density at radius 1 is 0.700 bits per heavy atom. The molecule has 0 radical (unpaired) electrons. The zero-order valence-corrected chi connectivity index (χ0v) is 17.4. The molecule has 144 valence electrons. The summed E-state index contributed by atoms with van der Waals surface area (Å²) < 4.78 is 0. The van der Waals surface area contributed by atoms with Gasteiger partial charge in [-0.2, -0.15) is 0 Å². The van der Waals surface area contributed by atoms with Crippen molar-refractivity contribution in [3.63, 3.8) is 0 Å². The minimum absolute atomic E-state index is 0.0186. The van der Waals surface area contributed by atoms with E-state index < -0.39 is 0 Å². The van der Waals surface area contributed by atoms with E-state index in [1.807, 2.05) is 0 Å². The van der Waals surface area contributed by atoms with Gasteiger partial charge in [0.25, 0.3) is 0 Å². The van der Waals surface area contributed by atoms with Gasteiger partial charge in [0.2, 0.25) is 0 Å². The lowest BCUT2D eigenvalue weighted by Crippen LogP contribution is -2.14. The summed E-state index contributed by atoms with van der Waals surface area (Å²) in [7, 11) is 0. The Kier molecular flexibility index (Phi) is 3.47. The van der Waals surface area contributed by atoms with Crippen molar-refractivity contribution in [1.29, 1.82) is 0 Å². The minimum Gasteiger partial charge on any atom is -0.249 e. The highest BCUT2D eigenvalue weighted by Crippen LogP contribution is 2.49. The third-order valence-corrected chi connectivity index (χ3v) is 6.59. The van der Waals surface area contributed by atoms with Crippen LogP contribution in [0.25, 0.3) is 44.2 Å². The van der Waals surface area contributed by atoms with Gasteiger partial charge in [0.15, 0.2) is 0 Å². The molecule has 1 aliphatic carbocycles. The van der Waals surface area contributed by atoms with Crippen molar-refractivity contribution < 1.29 is 0 Å². The second-order valence-corrected chi connectivity index (χ2v) is 8.74. The molecule has 2 nitrogen and oxygen atoms in total. The van der Waals surface area contributed by atoms with Gasteiger partial charge >= 0.3 is 0 Å². The van der Waals surface area contributed by atoms with E-state index in [-0.39, 0.29) is 5.41 Å². The maximum Gasteiger partial charge on any atom is 0.0972 e. The first-order valence-electron chi connectivity index (χ1n) is 10.4. The van der Waals surface area contributed by atoms with E-state index in [9.17, 15) is 0 Å². The van der Waals surface area contributed by atoms with Gasteiger partial charge in [0, 0.05) is 16.4 Å². The van der Waals surface area contributed by atoms with E-state index in [2.05, 4.69) is 99.6 Å². The molecule has 0 spiro atoms. The van der Waals surface area contributed by atoms with E-state index in [0.29, 0.717) is 0 Å². The van der Waals surface area contributed by atoms with Crippen LogP contribution in [0.1, 0.15) is 30.7 Å². The summed E-state index contributed by atoms with van der Waals surface area (Å²) >= 11 is 0. The Hall–Kier alpha value is -3.52. The molecular formula is C28H22N2. The monoisotopic (exact) mass is 386 g/mol. The third-order valence-electron chi connectivity index (χ3n) is 6.59. The Labute approximate surface area is 176 Å². The lowest BCUT2D eigenvalue weighted by Gasteiger charge is -2.21. The van der Waals surface area contributed by atoms with Crippen LogP contribution in [0.4, 0.5) is 0 Å². The van der Waals surface area contributed by atoms with Gasteiger partial charge < -0.3 is 0 Å². The summed E-state index contributed by atoms with van der Waals surface area (Å²) in [5.74, 6) is 0. The maximum absolute atomic E-state index is 5.13. The standard InChI is InChI=1S/C28H22N2/c1-17-26(30-27-20-9-5-4-8-18(20)13-15-25(27)29-17)19-12-14-24-22(16-19)21-10-6-7-11-23(21)28(24,2)3/h4-16H,1-3H3. The van der Waals surface area contributed by atoms with E-state index in [1.165, 1.54) is 27.6 Å². The molecule has 1 heterocycles. The fourth-order valence-corrected chi connectivity index (χ4v) is 5.02. The van der Waals surface area contributed by atoms with Crippen LogP contribution in [0, 0.1) is 6.92 Å². The van der Waals surface area contributed by atoms with Gasteiger partial charge in [-0.15, -0.1) is 0 Å². The Bertz CT molecular complexity index is 1480. The zero-order valence-electron chi connectivity index (χ0n) is 17.4. The molecule has 0 bridgehead atoms. The van der Waals surface area contributed by atoms with Crippen molar-refractivity contribution in [1.82, 2.24) is 9.97 Å². The predicted octanol–water partition coefficient (Wildman–Crippen LogP) is 7.06. The lowest BCUT2D eigenvalue weighted by atomic mass is 9.82. The SMILES string of the molecule is Cc1nc2ccc3ccccc3c2nc1-c1ccc2c(c1)-c1ccccc1C2(C)C. The van der Waals surface area contributed by atoms with Crippen molar-refractivity contribution in [2.24, 2.45) is 0 Å². The lowest BCUT2D eigenvalue weighted by molar-refractivity contribution is 0.660. The molecule has 0 unspecified atom stereocenters. The minimum atomic E-state index is 0.0186. The summed E-state index contributed by atoms with van der Waals surface area (Å²) in [6.07, 6.45) is 0. The summed E-state index contributed by atoms with van der Waals surface area (Å²) in [5, 5.41) is 2.34. The Morgan fingerprint density at radius 2 is 1.47 bits per heavy atom. The molecule has 0 saturated heterocycles. The molecule has 0 aliphatic heterocycles. The second kappa shape index (κ2) is 5.99. The smallest absolute Gasteiger partial charge is 0.0972 e. The molecule has 6 rings (SSSR count). The number of aromatic nitrogens is 2. The molecule has 30 heavy (non-hydrogen) atoms. The van der Waals surface area contributed by atoms with E-state index in [4.69, 9.17) is 9.97 Å². The molecule has 0 N–H and O–H groups in total. The highest BCUT2D eigenvalue weighted by molar-refractivity contribution is 6.04. The number of benzene rings is 4. The van der Waals surface area contributed by atoms with Crippen molar-refractivity contribution in [3.8, 4) is 22.4 Å². The van der Waals surface area contributed by atoms with Crippen LogP contribution in [0.5, 0.6) is 0 Å². The molecule has 0 amide bonds. The first-order valence-corrected chi connectivity index (χ1v) is 10.4.